The van der Waals surface area contributed by atoms with Crippen LogP contribution in [0.25, 0.3) is 0 Å². The third-order valence-corrected chi connectivity index (χ3v) is 5.20. The number of hydrogen-bond donors (Lipinski definition) is 2. The maximum atomic E-state index is 11.5. The highest BCUT2D eigenvalue weighted by Crippen LogP contribution is 2.43. The van der Waals surface area contributed by atoms with Crippen LogP contribution in [0.4, 0.5) is 0 Å². The van der Waals surface area contributed by atoms with E-state index in [-0.39, 0.29) is 16.6 Å². The highest BCUT2D eigenvalue weighted by Gasteiger charge is 2.41. The molecule has 2 unspecified atom stereocenters. The van der Waals surface area contributed by atoms with E-state index >= 15 is 0 Å². The Hall–Kier alpha value is -1.27. The molecule has 2 N–H and O–H groups in total. The first-order chi connectivity index (χ1) is 12.3. The van der Waals surface area contributed by atoms with Crippen molar-refractivity contribution in [2.45, 2.75) is 18.2 Å². The van der Waals surface area contributed by atoms with Crippen molar-refractivity contribution in [2.24, 2.45) is 0 Å². The van der Waals surface area contributed by atoms with E-state index in [1.165, 1.54) is 18.5 Å². The van der Waals surface area contributed by atoms with Crippen LogP contribution in [0.2, 0.25) is 20.1 Å². The Kier molecular flexibility index (Phi) is 5.82. The van der Waals surface area contributed by atoms with Crippen LogP contribution in [0.1, 0.15) is 17.2 Å². The van der Waals surface area contributed by atoms with Crippen LogP contribution in [-0.2, 0) is 12.1 Å². The van der Waals surface area contributed by atoms with Crippen molar-refractivity contribution in [3.05, 3.63) is 86.3 Å². The molecule has 1 heterocycles. The van der Waals surface area contributed by atoms with Crippen molar-refractivity contribution in [1.82, 2.24) is 9.55 Å². The van der Waals surface area contributed by atoms with Gasteiger partial charge in [-0.3, -0.25) is 0 Å². The van der Waals surface area contributed by atoms with E-state index in [9.17, 15) is 10.2 Å². The first kappa shape index (κ1) is 19.5. The maximum Gasteiger partial charge on any atom is 0.139 e. The third-order valence-electron chi connectivity index (χ3n) is 4.09. The van der Waals surface area contributed by atoms with Gasteiger partial charge in [-0.1, -0.05) is 58.5 Å². The number of aliphatic hydroxyl groups is 2. The van der Waals surface area contributed by atoms with E-state index in [1.54, 1.807) is 41.2 Å². The van der Waals surface area contributed by atoms with Crippen LogP contribution in [0.5, 0.6) is 0 Å². The number of hydrogen-bond acceptors (Lipinski definition) is 3. The topological polar surface area (TPSA) is 58.3 Å². The average molecular weight is 432 g/mol. The molecule has 0 saturated heterocycles. The predicted octanol–water partition coefficient (Wildman–Crippen LogP) is 5.12. The van der Waals surface area contributed by atoms with E-state index in [0.717, 1.165) is 0 Å². The van der Waals surface area contributed by atoms with E-state index in [4.69, 9.17) is 46.4 Å². The lowest BCUT2D eigenvalue weighted by atomic mass is 9.84. The molecule has 0 aliphatic heterocycles. The van der Waals surface area contributed by atoms with Crippen molar-refractivity contribution < 1.29 is 10.2 Å². The molecule has 0 bridgehead atoms. The molecule has 2 aromatic carbocycles. The summed E-state index contributed by atoms with van der Waals surface area (Å²) in [6, 6.07) is 9.34. The maximum absolute atomic E-state index is 11.5. The fourth-order valence-corrected chi connectivity index (χ4v) is 3.88. The van der Waals surface area contributed by atoms with Gasteiger partial charge in [0.2, 0.25) is 0 Å². The minimum absolute atomic E-state index is 0.00548. The zero-order chi connectivity index (χ0) is 18.9. The van der Waals surface area contributed by atoms with Gasteiger partial charge in [0.05, 0.1) is 12.9 Å². The third kappa shape index (κ3) is 3.86. The van der Waals surface area contributed by atoms with Crippen molar-refractivity contribution in [2.75, 3.05) is 0 Å². The van der Waals surface area contributed by atoms with Gasteiger partial charge < -0.3 is 14.8 Å². The minimum Gasteiger partial charge on any atom is -0.385 e. The Balaban J connectivity index is 2.13. The summed E-state index contributed by atoms with van der Waals surface area (Å²) in [5.74, 6) is 0. The van der Waals surface area contributed by atoms with Crippen LogP contribution >= 0.6 is 46.4 Å². The second kappa shape index (κ2) is 7.77. The number of halogens is 4. The van der Waals surface area contributed by atoms with Crippen molar-refractivity contribution in [1.29, 1.82) is 0 Å². The van der Waals surface area contributed by atoms with Gasteiger partial charge in [0.1, 0.15) is 11.7 Å². The van der Waals surface area contributed by atoms with Gasteiger partial charge >= 0.3 is 0 Å². The molecule has 8 heteroatoms. The fourth-order valence-electron chi connectivity index (χ4n) is 2.80. The first-order valence-electron chi connectivity index (χ1n) is 7.58. The quantitative estimate of drug-likeness (QED) is 0.589. The summed E-state index contributed by atoms with van der Waals surface area (Å²) in [5.41, 5.74) is -1.15. The standard InChI is InChI=1S/C18H14Cl4N2O2/c19-11-1-3-13(15(21)7-11)17(25)18(26,9-24-6-5-23-10-24)14-4-2-12(20)8-16(14)22/h1-8,10,17,25-26H,9H2. The first-order valence-corrected chi connectivity index (χ1v) is 9.09. The van der Waals surface area contributed by atoms with Gasteiger partial charge in [0.25, 0.3) is 0 Å². The van der Waals surface area contributed by atoms with Crippen LogP contribution < -0.4 is 0 Å². The summed E-state index contributed by atoms with van der Waals surface area (Å²) in [5, 5.41) is 23.9. The summed E-state index contributed by atoms with van der Waals surface area (Å²) in [6.45, 7) is -0.00548. The van der Waals surface area contributed by atoms with Crippen molar-refractivity contribution in [3.8, 4) is 0 Å². The molecule has 1 aromatic heterocycles. The lowest BCUT2D eigenvalue weighted by Gasteiger charge is -2.35. The SMILES string of the molecule is OC(c1ccc(Cl)cc1Cl)C(O)(Cn1ccnc1)c1ccc(Cl)cc1Cl. The number of aliphatic hydroxyl groups excluding tert-OH is 1. The second-order valence-corrected chi connectivity index (χ2v) is 7.54. The molecule has 0 amide bonds. The summed E-state index contributed by atoms with van der Waals surface area (Å²) in [6.07, 6.45) is 3.40. The lowest BCUT2D eigenvalue weighted by molar-refractivity contribution is -0.0945. The second-order valence-electron chi connectivity index (χ2n) is 5.85. The van der Waals surface area contributed by atoms with Crippen LogP contribution in [0, 0.1) is 0 Å². The molecule has 136 valence electrons. The van der Waals surface area contributed by atoms with Crippen LogP contribution in [-0.4, -0.2) is 19.8 Å². The normalized spacial score (nSPS) is 14.8. The number of rotatable bonds is 5. The van der Waals surface area contributed by atoms with Gasteiger partial charge in [-0.05, 0) is 24.3 Å². The van der Waals surface area contributed by atoms with Crippen molar-refractivity contribution >= 4 is 46.4 Å². The average Bonchev–Trinajstić information content (AvgIpc) is 3.06. The Bertz CT molecular complexity index is 918. The number of benzene rings is 2. The van der Waals surface area contributed by atoms with E-state index in [1.807, 2.05) is 0 Å². The number of aromatic nitrogens is 2. The lowest BCUT2D eigenvalue weighted by Crippen LogP contribution is -2.38. The van der Waals surface area contributed by atoms with Gasteiger partial charge in [-0.2, -0.15) is 0 Å². The molecule has 2 atom stereocenters. The molecule has 0 saturated carbocycles. The largest absolute Gasteiger partial charge is 0.385 e. The zero-order valence-corrected chi connectivity index (χ0v) is 16.3. The van der Waals surface area contributed by atoms with Crippen molar-refractivity contribution in [3.63, 3.8) is 0 Å². The van der Waals surface area contributed by atoms with Crippen LogP contribution in [0.3, 0.4) is 0 Å². The van der Waals surface area contributed by atoms with E-state index < -0.39 is 11.7 Å². The van der Waals surface area contributed by atoms with Crippen LogP contribution in [0.15, 0.2) is 55.1 Å². The molecule has 0 aliphatic carbocycles. The number of nitrogens with zero attached hydrogens (tertiary/aromatic N) is 2. The molecule has 0 spiro atoms. The predicted molar refractivity (Wildman–Crippen MR) is 104 cm³/mol. The monoisotopic (exact) mass is 430 g/mol. The smallest absolute Gasteiger partial charge is 0.139 e. The highest BCUT2D eigenvalue weighted by atomic mass is 35.5. The molecule has 4 nitrogen and oxygen atoms in total. The summed E-state index contributed by atoms with van der Waals surface area (Å²) in [7, 11) is 0. The Morgan fingerprint density at radius 2 is 1.65 bits per heavy atom. The molecule has 26 heavy (non-hydrogen) atoms. The van der Waals surface area contributed by atoms with Gasteiger partial charge in [-0.25, -0.2) is 4.98 Å². The molecule has 3 rings (SSSR count). The Morgan fingerprint density at radius 1 is 1.00 bits per heavy atom. The molecule has 3 aromatic rings. The van der Waals surface area contributed by atoms with E-state index in [2.05, 4.69) is 4.98 Å². The summed E-state index contributed by atoms with van der Waals surface area (Å²) >= 11 is 24.5. The molecular weight excluding hydrogens is 418 g/mol. The molecule has 0 fully saturated rings. The zero-order valence-electron chi connectivity index (χ0n) is 13.3. The van der Waals surface area contributed by atoms with Gasteiger partial charge in [0.15, 0.2) is 0 Å². The highest BCUT2D eigenvalue weighted by molar-refractivity contribution is 6.35. The summed E-state index contributed by atoms with van der Waals surface area (Å²) < 4.78 is 1.64. The Morgan fingerprint density at radius 3 is 2.23 bits per heavy atom. The fraction of sp³-hybridized carbons (Fsp3) is 0.167. The van der Waals surface area contributed by atoms with Gasteiger partial charge in [0, 0.05) is 43.6 Å². The van der Waals surface area contributed by atoms with Gasteiger partial charge in [-0.15, -0.1) is 0 Å². The minimum atomic E-state index is -1.79. The molecule has 0 aliphatic rings. The Labute approximate surface area is 170 Å². The summed E-state index contributed by atoms with van der Waals surface area (Å²) in [4.78, 5) is 3.97. The number of imidazole rings is 1. The molecule has 0 radical (unpaired) electrons. The molecular formula is C18H14Cl4N2O2. The van der Waals surface area contributed by atoms with E-state index in [0.29, 0.717) is 21.2 Å².